The molecular weight excluding hydrogens is 289 g/mol. The fourth-order valence-corrected chi connectivity index (χ4v) is 2.56. The van der Waals surface area contributed by atoms with E-state index in [9.17, 15) is 4.39 Å². The molecule has 0 aliphatic carbocycles. The molecule has 0 unspecified atom stereocenters. The molecule has 1 heterocycles. The first kappa shape index (κ1) is 13.6. The Balaban J connectivity index is 2.08. The molecule has 0 saturated carbocycles. The zero-order valence-electron chi connectivity index (χ0n) is 11.1. The van der Waals surface area contributed by atoms with Gasteiger partial charge in [-0.1, -0.05) is 12.1 Å². The van der Waals surface area contributed by atoms with Crippen LogP contribution < -0.4 is 0 Å². The normalized spacial score (nSPS) is 10.7. The molecule has 21 heavy (non-hydrogen) atoms. The Kier molecular flexibility index (Phi) is 3.59. The van der Waals surface area contributed by atoms with Crippen LogP contribution in [0.25, 0.3) is 11.0 Å². The number of nitriles is 1. The first-order chi connectivity index (χ1) is 10.2. The molecule has 1 aromatic heterocycles. The highest BCUT2D eigenvalue weighted by molar-refractivity contribution is 6.16. The zero-order valence-corrected chi connectivity index (χ0v) is 11.8. The number of aromatic nitrogens is 2. The molecule has 0 amide bonds. The number of fused-ring (bicyclic) bond motifs is 1. The molecule has 0 saturated heterocycles. The standard InChI is InChI=1S/C16H11ClFN3/c17-8-16-20-14-7-13(18)4-5-15(14)21(16)10-12-3-1-2-11(6-12)9-19/h1-7H,8,10H2. The third kappa shape index (κ3) is 2.61. The lowest BCUT2D eigenvalue weighted by Crippen LogP contribution is -2.04. The van der Waals surface area contributed by atoms with Gasteiger partial charge in [-0.25, -0.2) is 9.37 Å². The largest absolute Gasteiger partial charge is 0.322 e. The second-order valence-electron chi connectivity index (χ2n) is 4.69. The van der Waals surface area contributed by atoms with E-state index in [-0.39, 0.29) is 11.7 Å². The predicted octanol–water partition coefficient (Wildman–Crippen LogP) is 3.83. The lowest BCUT2D eigenvalue weighted by Gasteiger charge is -2.08. The Morgan fingerprint density at radius 3 is 2.86 bits per heavy atom. The van der Waals surface area contributed by atoms with Crippen LogP contribution in [0.5, 0.6) is 0 Å². The van der Waals surface area contributed by atoms with Gasteiger partial charge >= 0.3 is 0 Å². The molecule has 3 rings (SSSR count). The molecule has 0 spiro atoms. The lowest BCUT2D eigenvalue weighted by molar-refractivity contribution is 0.629. The van der Waals surface area contributed by atoms with Crippen molar-refractivity contribution in [3.05, 3.63) is 65.2 Å². The Morgan fingerprint density at radius 1 is 1.24 bits per heavy atom. The van der Waals surface area contributed by atoms with Gasteiger partial charge in [-0.2, -0.15) is 5.26 Å². The van der Waals surface area contributed by atoms with Crippen molar-refractivity contribution in [2.45, 2.75) is 12.4 Å². The minimum atomic E-state index is -0.320. The van der Waals surface area contributed by atoms with E-state index in [1.54, 1.807) is 12.1 Å². The Bertz CT molecular complexity index is 848. The van der Waals surface area contributed by atoms with E-state index < -0.39 is 0 Å². The Hall–Kier alpha value is -2.38. The van der Waals surface area contributed by atoms with Crippen molar-refractivity contribution < 1.29 is 4.39 Å². The van der Waals surface area contributed by atoms with Crippen LogP contribution in [0.2, 0.25) is 0 Å². The van der Waals surface area contributed by atoms with Crippen LogP contribution in [0.4, 0.5) is 4.39 Å². The molecule has 3 nitrogen and oxygen atoms in total. The predicted molar refractivity (Wildman–Crippen MR) is 79.5 cm³/mol. The average Bonchev–Trinajstić information content (AvgIpc) is 2.84. The summed E-state index contributed by atoms with van der Waals surface area (Å²) >= 11 is 5.94. The summed E-state index contributed by atoms with van der Waals surface area (Å²) in [5, 5.41) is 8.96. The van der Waals surface area contributed by atoms with Crippen molar-refractivity contribution in [1.82, 2.24) is 9.55 Å². The maximum Gasteiger partial charge on any atom is 0.125 e. The Labute approximate surface area is 126 Å². The van der Waals surface area contributed by atoms with Crippen molar-refractivity contribution >= 4 is 22.6 Å². The summed E-state index contributed by atoms with van der Waals surface area (Å²) in [6.45, 7) is 0.541. The fraction of sp³-hybridized carbons (Fsp3) is 0.125. The number of hydrogen-bond donors (Lipinski definition) is 0. The number of nitrogens with zero attached hydrogens (tertiary/aromatic N) is 3. The van der Waals surface area contributed by atoms with Gasteiger partial charge in [0.05, 0.1) is 28.5 Å². The van der Waals surface area contributed by atoms with Crippen LogP contribution in [0.3, 0.4) is 0 Å². The van der Waals surface area contributed by atoms with Crippen molar-refractivity contribution in [2.24, 2.45) is 0 Å². The number of imidazole rings is 1. The third-order valence-electron chi connectivity index (χ3n) is 3.31. The van der Waals surface area contributed by atoms with Gasteiger partial charge < -0.3 is 4.57 Å². The summed E-state index contributed by atoms with van der Waals surface area (Å²) in [5.74, 6) is 0.605. The quantitative estimate of drug-likeness (QED) is 0.690. The van der Waals surface area contributed by atoms with E-state index in [4.69, 9.17) is 16.9 Å². The second-order valence-corrected chi connectivity index (χ2v) is 4.96. The number of benzene rings is 2. The molecule has 0 aliphatic rings. The molecule has 5 heteroatoms. The van der Waals surface area contributed by atoms with E-state index in [1.807, 2.05) is 22.8 Å². The summed E-state index contributed by atoms with van der Waals surface area (Å²) in [6.07, 6.45) is 0. The first-order valence-corrected chi connectivity index (χ1v) is 6.94. The molecule has 0 bridgehead atoms. The van der Waals surface area contributed by atoms with E-state index in [2.05, 4.69) is 11.1 Å². The van der Waals surface area contributed by atoms with Crippen molar-refractivity contribution in [2.75, 3.05) is 0 Å². The van der Waals surface area contributed by atoms with Gasteiger partial charge in [0, 0.05) is 12.6 Å². The summed E-state index contributed by atoms with van der Waals surface area (Å²) in [6, 6.07) is 14.0. The van der Waals surface area contributed by atoms with Crippen LogP contribution in [0, 0.1) is 17.1 Å². The molecular formula is C16H11ClFN3. The van der Waals surface area contributed by atoms with Crippen LogP contribution in [-0.4, -0.2) is 9.55 Å². The average molecular weight is 300 g/mol. The Morgan fingerprint density at radius 2 is 2.10 bits per heavy atom. The maximum atomic E-state index is 13.3. The first-order valence-electron chi connectivity index (χ1n) is 6.41. The van der Waals surface area contributed by atoms with Gasteiger partial charge in [0.25, 0.3) is 0 Å². The number of hydrogen-bond acceptors (Lipinski definition) is 2. The molecule has 2 aromatic carbocycles. The second kappa shape index (κ2) is 5.55. The van der Waals surface area contributed by atoms with Gasteiger partial charge in [-0.15, -0.1) is 11.6 Å². The third-order valence-corrected chi connectivity index (χ3v) is 3.54. The molecule has 0 radical (unpaired) electrons. The molecule has 104 valence electrons. The van der Waals surface area contributed by atoms with Crippen LogP contribution in [0.15, 0.2) is 42.5 Å². The summed E-state index contributed by atoms with van der Waals surface area (Å²) < 4.78 is 15.2. The SMILES string of the molecule is N#Cc1cccc(Cn2c(CCl)nc3cc(F)ccc32)c1. The van der Waals surface area contributed by atoms with Crippen LogP contribution in [0.1, 0.15) is 17.0 Å². The van der Waals surface area contributed by atoms with Gasteiger partial charge in [-0.3, -0.25) is 0 Å². The zero-order chi connectivity index (χ0) is 14.8. The van der Waals surface area contributed by atoms with E-state index in [0.29, 0.717) is 23.4 Å². The summed E-state index contributed by atoms with van der Waals surface area (Å²) in [5.41, 5.74) is 3.00. The topological polar surface area (TPSA) is 41.6 Å². The molecule has 0 N–H and O–H groups in total. The number of alkyl halides is 1. The fourth-order valence-electron chi connectivity index (χ4n) is 2.35. The monoisotopic (exact) mass is 299 g/mol. The van der Waals surface area contributed by atoms with Gasteiger partial charge in [0.2, 0.25) is 0 Å². The molecule has 0 aliphatic heterocycles. The summed E-state index contributed by atoms with van der Waals surface area (Å²) in [4.78, 5) is 4.36. The van der Waals surface area contributed by atoms with E-state index >= 15 is 0 Å². The number of halogens is 2. The van der Waals surface area contributed by atoms with Gasteiger partial charge in [-0.05, 0) is 29.8 Å². The number of rotatable bonds is 3. The highest BCUT2D eigenvalue weighted by atomic mass is 35.5. The minimum Gasteiger partial charge on any atom is -0.322 e. The summed E-state index contributed by atoms with van der Waals surface area (Å²) in [7, 11) is 0. The van der Waals surface area contributed by atoms with Crippen LogP contribution >= 0.6 is 11.6 Å². The molecule has 0 fully saturated rings. The van der Waals surface area contributed by atoms with Gasteiger partial charge in [0.15, 0.2) is 0 Å². The van der Waals surface area contributed by atoms with Crippen LogP contribution in [-0.2, 0) is 12.4 Å². The molecule has 3 aromatic rings. The van der Waals surface area contributed by atoms with E-state index in [0.717, 1.165) is 11.1 Å². The maximum absolute atomic E-state index is 13.3. The lowest BCUT2D eigenvalue weighted by atomic mass is 10.1. The smallest absolute Gasteiger partial charge is 0.125 e. The van der Waals surface area contributed by atoms with Crippen molar-refractivity contribution in [3.63, 3.8) is 0 Å². The minimum absolute atomic E-state index is 0.244. The van der Waals surface area contributed by atoms with E-state index in [1.165, 1.54) is 12.1 Å². The highest BCUT2D eigenvalue weighted by Gasteiger charge is 2.11. The molecule has 0 atom stereocenters. The van der Waals surface area contributed by atoms with Crippen molar-refractivity contribution in [3.8, 4) is 6.07 Å². The van der Waals surface area contributed by atoms with Gasteiger partial charge in [0.1, 0.15) is 11.6 Å². The van der Waals surface area contributed by atoms with Crippen molar-refractivity contribution in [1.29, 1.82) is 5.26 Å². The highest BCUT2D eigenvalue weighted by Crippen LogP contribution is 2.20.